The molecule has 0 bridgehead atoms. The van der Waals surface area contributed by atoms with Crippen molar-refractivity contribution in [1.29, 1.82) is 0 Å². The molecule has 19 heavy (non-hydrogen) atoms. The van der Waals surface area contributed by atoms with Crippen molar-refractivity contribution in [3.8, 4) is 0 Å². The van der Waals surface area contributed by atoms with Gasteiger partial charge in [-0.1, -0.05) is 30.7 Å². The van der Waals surface area contributed by atoms with Gasteiger partial charge >= 0.3 is 0 Å². The summed E-state index contributed by atoms with van der Waals surface area (Å²) in [6, 6.07) is 7.64. The Balaban J connectivity index is 1.93. The van der Waals surface area contributed by atoms with Gasteiger partial charge in [-0.05, 0) is 24.1 Å². The van der Waals surface area contributed by atoms with Crippen LogP contribution >= 0.6 is 11.6 Å². The fourth-order valence-electron chi connectivity index (χ4n) is 1.50. The molecule has 0 radical (unpaired) electrons. The van der Waals surface area contributed by atoms with Gasteiger partial charge in [-0.15, -0.1) is 5.10 Å². The predicted octanol–water partition coefficient (Wildman–Crippen LogP) is 2.96. The van der Waals surface area contributed by atoms with E-state index in [9.17, 15) is 0 Å². The molecular weight excluding hydrogens is 262 g/mol. The second-order valence-corrected chi connectivity index (χ2v) is 4.51. The van der Waals surface area contributed by atoms with E-state index in [0.717, 1.165) is 29.4 Å². The number of aromatic nitrogens is 3. The number of anilines is 2. The number of halogens is 1. The van der Waals surface area contributed by atoms with E-state index in [0.29, 0.717) is 12.5 Å². The molecule has 100 valence electrons. The Labute approximate surface area is 117 Å². The summed E-state index contributed by atoms with van der Waals surface area (Å²) in [5.41, 5.74) is 1.11. The Kier molecular flexibility index (Phi) is 4.92. The molecule has 0 amide bonds. The van der Waals surface area contributed by atoms with Crippen LogP contribution in [0.2, 0.25) is 5.02 Å². The van der Waals surface area contributed by atoms with Crippen molar-refractivity contribution >= 4 is 23.4 Å². The first kappa shape index (κ1) is 13.5. The predicted molar refractivity (Wildman–Crippen MR) is 77.4 cm³/mol. The molecule has 0 aliphatic rings. The molecule has 2 aromatic rings. The summed E-state index contributed by atoms with van der Waals surface area (Å²) >= 11 is 5.83. The average molecular weight is 278 g/mol. The molecule has 1 heterocycles. The fraction of sp³-hybridized carbons (Fsp3) is 0.308. The van der Waals surface area contributed by atoms with Gasteiger partial charge in [0, 0.05) is 18.1 Å². The summed E-state index contributed by atoms with van der Waals surface area (Å²) in [5.74, 6) is 1.24. The van der Waals surface area contributed by atoms with Gasteiger partial charge in [-0.25, -0.2) is 0 Å². The summed E-state index contributed by atoms with van der Waals surface area (Å²) in [7, 11) is 0. The van der Waals surface area contributed by atoms with E-state index >= 15 is 0 Å². The summed E-state index contributed by atoms with van der Waals surface area (Å²) in [6.07, 6.45) is 2.65. The lowest BCUT2D eigenvalue weighted by atomic mass is 10.2. The molecule has 0 unspecified atom stereocenters. The van der Waals surface area contributed by atoms with Gasteiger partial charge in [0.2, 0.25) is 5.95 Å². The maximum Gasteiger partial charge on any atom is 0.244 e. The first-order chi connectivity index (χ1) is 9.28. The Morgan fingerprint density at radius 3 is 2.68 bits per heavy atom. The number of benzene rings is 1. The molecule has 0 saturated heterocycles. The number of nitrogens with one attached hydrogen (secondary N) is 2. The lowest BCUT2D eigenvalue weighted by molar-refractivity contribution is 0.919. The molecule has 0 aliphatic heterocycles. The zero-order valence-electron chi connectivity index (χ0n) is 10.7. The Morgan fingerprint density at radius 1 is 1.16 bits per heavy atom. The van der Waals surface area contributed by atoms with Crippen molar-refractivity contribution in [3.05, 3.63) is 41.0 Å². The van der Waals surface area contributed by atoms with Crippen LogP contribution in [-0.2, 0) is 6.54 Å². The molecule has 2 rings (SSSR count). The largest absolute Gasteiger partial charge is 0.369 e. The highest BCUT2D eigenvalue weighted by molar-refractivity contribution is 6.30. The Hall–Kier alpha value is -1.88. The van der Waals surface area contributed by atoms with Crippen molar-refractivity contribution < 1.29 is 0 Å². The van der Waals surface area contributed by atoms with Crippen LogP contribution in [0, 0.1) is 0 Å². The molecule has 1 aromatic heterocycles. The number of hydrogen-bond acceptors (Lipinski definition) is 5. The molecule has 6 heteroatoms. The van der Waals surface area contributed by atoms with E-state index in [1.165, 1.54) is 0 Å². The van der Waals surface area contributed by atoms with Crippen LogP contribution in [0.3, 0.4) is 0 Å². The topological polar surface area (TPSA) is 62.7 Å². The van der Waals surface area contributed by atoms with Crippen LogP contribution in [0.1, 0.15) is 18.9 Å². The van der Waals surface area contributed by atoms with Gasteiger partial charge in [0.1, 0.15) is 5.82 Å². The minimum Gasteiger partial charge on any atom is -0.369 e. The van der Waals surface area contributed by atoms with E-state index < -0.39 is 0 Å². The Morgan fingerprint density at radius 2 is 1.95 bits per heavy atom. The van der Waals surface area contributed by atoms with Crippen molar-refractivity contribution in [1.82, 2.24) is 15.2 Å². The maximum absolute atomic E-state index is 5.83. The monoisotopic (exact) mass is 277 g/mol. The second-order valence-electron chi connectivity index (χ2n) is 4.07. The van der Waals surface area contributed by atoms with Crippen LogP contribution in [0.15, 0.2) is 30.5 Å². The lowest BCUT2D eigenvalue weighted by Crippen LogP contribution is -2.08. The standard InChI is InChI=1S/C13H16ClN5/c1-2-7-15-12-9-17-19-13(18-12)16-8-10-3-5-11(14)6-4-10/h3-6,9H,2,7-8H2,1H3,(H2,15,16,18,19). The molecule has 0 aliphatic carbocycles. The highest BCUT2D eigenvalue weighted by Crippen LogP contribution is 2.11. The van der Waals surface area contributed by atoms with Crippen molar-refractivity contribution in [2.75, 3.05) is 17.2 Å². The molecule has 0 atom stereocenters. The average Bonchev–Trinajstić information content (AvgIpc) is 2.45. The van der Waals surface area contributed by atoms with Gasteiger partial charge in [-0.2, -0.15) is 10.1 Å². The molecule has 0 saturated carbocycles. The Bertz CT molecular complexity index is 515. The van der Waals surface area contributed by atoms with Crippen LogP contribution in [0.25, 0.3) is 0 Å². The highest BCUT2D eigenvalue weighted by atomic mass is 35.5. The molecule has 5 nitrogen and oxygen atoms in total. The van der Waals surface area contributed by atoms with Gasteiger partial charge in [-0.3, -0.25) is 0 Å². The second kappa shape index (κ2) is 6.89. The maximum atomic E-state index is 5.83. The zero-order chi connectivity index (χ0) is 13.5. The minimum absolute atomic E-state index is 0.510. The first-order valence-corrected chi connectivity index (χ1v) is 6.57. The number of hydrogen-bond donors (Lipinski definition) is 2. The summed E-state index contributed by atoms with van der Waals surface area (Å²) in [6.45, 7) is 3.60. The van der Waals surface area contributed by atoms with E-state index in [-0.39, 0.29) is 0 Å². The molecule has 2 N–H and O–H groups in total. The molecule has 0 fully saturated rings. The lowest BCUT2D eigenvalue weighted by Gasteiger charge is -2.07. The summed E-state index contributed by atoms with van der Waals surface area (Å²) in [4.78, 5) is 4.32. The van der Waals surface area contributed by atoms with E-state index in [2.05, 4.69) is 32.7 Å². The number of rotatable bonds is 6. The summed E-state index contributed by atoms with van der Waals surface area (Å²) < 4.78 is 0. The molecular formula is C13H16ClN5. The van der Waals surface area contributed by atoms with E-state index in [1.54, 1.807) is 6.20 Å². The number of nitrogens with zero attached hydrogens (tertiary/aromatic N) is 3. The third kappa shape index (κ3) is 4.37. The quantitative estimate of drug-likeness (QED) is 0.850. The van der Waals surface area contributed by atoms with Crippen LogP contribution in [0.5, 0.6) is 0 Å². The molecule has 1 aromatic carbocycles. The van der Waals surface area contributed by atoms with Crippen molar-refractivity contribution in [3.63, 3.8) is 0 Å². The van der Waals surface area contributed by atoms with Crippen molar-refractivity contribution in [2.24, 2.45) is 0 Å². The SMILES string of the molecule is CCCNc1cnnc(NCc2ccc(Cl)cc2)n1. The molecule has 0 spiro atoms. The van der Waals surface area contributed by atoms with Crippen molar-refractivity contribution in [2.45, 2.75) is 19.9 Å². The minimum atomic E-state index is 0.510. The zero-order valence-corrected chi connectivity index (χ0v) is 11.5. The summed E-state index contributed by atoms with van der Waals surface area (Å²) in [5, 5.41) is 14.9. The smallest absolute Gasteiger partial charge is 0.244 e. The van der Waals surface area contributed by atoms with E-state index in [4.69, 9.17) is 11.6 Å². The van der Waals surface area contributed by atoms with Gasteiger partial charge in [0.05, 0.1) is 6.20 Å². The van der Waals surface area contributed by atoms with Gasteiger partial charge in [0.15, 0.2) is 0 Å². The van der Waals surface area contributed by atoms with Gasteiger partial charge in [0.25, 0.3) is 0 Å². The van der Waals surface area contributed by atoms with Crippen LogP contribution in [-0.4, -0.2) is 21.7 Å². The van der Waals surface area contributed by atoms with E-state index in [1.807, 2.05) is 24.3 Å². The van der Waals surface area contributed by atoms with Crippen LogP contribution in [0.4, 0.5) is 11.8 Å². The van der Waals surface area contributed by atoms with Crippen LogP contribution < -0.4 is 10.6 Å². The third-order valence-corrected chi connectivity index (χ3v) is 2.73. The van der Waals surface area contributed by atoms with Gasteiger partial charge < -0.3 is 10.6 Å². The third-order valence-electron chi connectivity index (χ3n) is 2.48. The first-order valence-electron chi connectivity index (χ1n) is 6.20. The fourth-order valence-corrected chi connectivity index (χ4v) is 1.63. The highest BCUT2D eigenvalue weighted by Gasteiger charge is 2.00. The normalized spacial score (nSPS) is 10.2.